The van der Waals surface area contributed by atoms with Gasteiger partial charge in [0.1, 0.15) is 0 Å². The van der Waals surface area contributed by atoms with E-state index in [1.807, 2.05) is 13.8 Å². The quantitative estimate of drug-likeness (QED) is 0.470. The van der Waals surface area contributed by atoms with Crippen molar-refractivity contribution in [2.24, 2.45) is 5.73 Å². The van der Waals surface area contributed by atoms with Gasteiger partial charge in [-0.05, 0) is 12.8 Å². The Morgan fingerprint density at radius 2 is 1.88 bits per heavy atom. The standard InChI is InChI=1S/C10H20N2O4/c1-3-10(11,4-2)9(16)12-6-5-7(13)8(14)15/h7,13H,3-6,11H2,1-2H3,(H,12,16)(H,14,15). The predicted molar refractivity (Wildman–Crippen MR) is 58.8 cm³/mol. The first kappa shape index (κ1) is 14.9. The van der Waals surface area contributed by atoms with E-state index in [9.17, 15) is 9.59 Å². The number of rotatable bonds is 7. The smallest absolute Gasteiger partial charge is 0.332 e. The molecular formula is C10H20N2O4. The highest BCUT2D eigenvalue weighted by atomic mass is 16.4. The van der Waals surface area contributed by atoms with Crippen molar-refractivity contribution < 1.29 is 19.8 Å². The van der Waals surface area contributed by atoms with E-state index in [1.165, 1.54) is 0 Å². The van der Waals surface area contributed by atoms with Crippen molar-refractivity contribution in [3.8, 4) is 0 Å². The van der Waals surface area contributed by atoms with Crippen LogP contribution in [0.15, 0.2) is 0 Å². The van der Waals surface area contributed by atoms with Crippen LogP contribution in [0.4, 0.5) is 0 Å². The number of carboxylic acid groups (broad SMARTS) is 1. The molecule has 0 saturated carbocycles. The number of carbonyl (C=O) groups is 2. The summed E-state index contributed by atoms with van der Waals surface area (Å²) in [6.07, 6.45) is -0.450. The number of amides is 1. The van der Waals surface area contributed by atoms with Crippen LogP contribution in [0.1, 0.15) is 33.1 Å². The molecule has 6 heteroatoms. The number of carboxylic acids is 1. The molecule has 0 saturated heterocycles. The molecule has 0 aromatic heterocycles. The molecule has 0 spiro atoms. The van der Waals surface area contributed by atoms with Gasteiger partial charge in [-0.3, -0.25) is 4.79 Å². The fourth-order valence-corrected chi connectivity index (χ4v) is 1.19. The zero-order valence-corrected chi connectivity index (χ0v) is 9.69. The van der Waals surface area contributed by atoms with E-state index < -0.39 is 17.6 Å². The Bertz CT molecular complexity index is 251. The van der Waals surface area contributed by atoms with Gasteiger partial charge in [0.2, 0.25) is 5.91 Å². The minimum Gasteiger partial charge on any atom is -0.479 e. The molecule has 0 aliphatic heterocycles. The number of hydrogen-bond donors (Lipinski definition) is 4. The van der Waals surface area contributed by atoms with Gasteiger partial charge in [-0.2, -0.15) is 0 Å². The number of hydrogen-bond acceptors (Lipinski definition) is 4. The summed E-state index contributed by atoms with van der Waals surface area (Å²) < 4.78 is 0. The molecule has 0 aliphatic carbocycles. The van der Waals surface area contributed by atoms with Crippen LogP contribution < -0.4 is 11.1 Å². The molecule has 0 rings (SSSR count). The first-order valence-electron chi connectivity index (χ1n) is 5.35. The summed E-state index contributed by atoms with van der Waals surface area (Å²) in [4.78, 5) is 21.9. The minimum absolute atomic E-state index is 0.0232. The number of aliphatic hydroxyl groups excluding tert-OH is 1. The van der Waals surface area contributed by atoms with Crippen molar-refractivity contribution >= 4 is 11.9 Å². The fraction of sp³-hybridized carbons (Fsp3) is 0.800. The van der Waals surface area contributed by atoms with Gasteiger partial charge in [-0.15, -0.1) is 0 Å². The minimum atomic E-state index is -1.45. The topological polar surface area (TPSA) is 113 Å². The summed E-state index contributed by atoms with van der Waals surface area (Å²) in [5.41, 5.74) is 4.92. The third-order valence-corrected chi connectivity index (χ3v) is 2.70. The van der Waals surface area contributed by atoms with Crippen LogP contribution in [0, 0.1) is 0 Å². The first-order valence-corrected chi connectivity index (χ1v) is 5.35. The molecule has 0 heterocycles. The van der Waals surface area contributed by atoms with Crippen molar-refractivity contribution in [1.29, 1.82) is 0 Å². The van der Waals surface area contributed by atoms with Gasteiger partial charge < -0.3 is 21.3 Å². The van der Waals surface area contributed by atoms with Gasteiger partial charge >= 0.3 is 5.97 Å². The van der Waals surface area contributed by atoms with E-state index in [0.29, 0.717) is 12.8 Å². The Balaban J connectivity index is 4.03. The maximum Gasteiger partial charge on any atom is 0.332 e. The van der Waals surface area contributed by atoms with Gasteiger partial charge in [-0.1, -0.05) is 13.8 Å². The third-order valence-electron chi connectivity index (χ3n) is 2.70. The normalized spacial score (nSPS) is 13.2. The molecule has 1 unspecified atom stereocenters. The highest BCUT2D eigenvalue weighted by Gasteiger charge is 2.29. The molecule has 0 aliphatic rings. The Hall–Kier alpha value is -1.14. The van der Waals surface area contributed by atoms with Crippen molar-refractivity contribution in [2.75, 3.05) is 6.54 Å². The summed E-state index contributed by atoms with van der Waals surface area (Å²) in [6.45, 7) is 3.73. The Kier molecular flexibility index (Phi) is 5.98. The largest absolute Gasteiger partial charge is 0.479 e. The number of carbonyl (C=O) groups excluding carboxylic acids is 1. The van der Waals surface area contributed by atoms with Crippen LogP contribution in [0.3, 0.4) is 0 Å². The van der Waals surface area contributed by atoms with Crippen LogP contribution in [-0.2, 0) is 9.59 Å². The number of nitrogens with two attached hydrogens (primary N) is 1. The second kappa shape index (κ2) is 6.44. The van der Waals surface area contributed by atoms with E-state index in [4.69, 9.17) is 15.9 Å². The summed E-state index contributed by atoms with van der Waals surface area (Å²) in [5.74, 6) is -1.60. The van der Waals surface area contributed by atoms with Crippen LogP contribution in [0.2, 0.25) is 0 Å². The molecule has 6 nitrogen and oxygen atoms in total. The molecule has 5 N–H and O–H groups in total. The molecule has 1 atom stereocenters. The second-order valence-electron chi connectivity index (χ2n) is 3.76. The molecule has 0 aromatic rings. The molecule has 94 valence electrons. The lowest BCUT2D eigenvalue weighted by molar-refractivity contribution is -0.147. The van der Waals surface area contributed by atoms with E-state index in [1.54, 1.807) is 0 Å². The monoisotopic (exact) mass is 232 g/mol. The lowest BCUT2D eigenvalue weighted by Crippen LogP contribution is -2.53. The maximum atomic E-state index is 11.6. The molecule has 16 heavy (non-hydrogen) atoms. The van der Waals surface area contributed by atoms with Crippen LogP contribution >= 0.6 is 0 Å². The van der Waals surface area contributed by atoms with Gasteiger partial charge in [-0.25, -0.2) is 4.79 Å². The number of nitrogens with one attached hydrogen (secondary N) is 1. The van der Waals surface area contributed by atoms with Crippen molar-refractivity contribution in [3.05, 3.63) is 0 Å². The van der Waals surface area contributed by atoms with E-state index in [-0.39, 0.29) is 18.9 Å². The van der Waals surface area contributed by atoms with Crippen molar-refractivity contribution in [1.82, 2.24) is 5.32 Å². The van der Waals surface area contributed by atoms with Gasteiger partial charge in [0, 0.05) is 13.0 Å². The zero-order valence-electron chi connectivity index (χ0n) is 9.69. The predicted octanol–water partition coefficient (Wildman–Crippen LogP) is -0.544. The van der Waals surface area contributed by atoms with Crippen LogP contribution in [-0.4, -0.2) is 40.3 Å². The van der Waals surface area contributed by atoms with Crippen LogP contribution in [0.5, 0.6) is 0 Å². The molecule has 0 fully saturated rings. The van der Waals surface area contributed by atoms with Crippen LogP contribution in [0.25, 0.3) is 0 Å². The van der Waals surface area contributed by atoms with Gasteiger partial charge in [0.25, 0.3) is 0 Å². The van der Waals surface area contributed by atoms with E-state index in [2.05, 4.69) is 5.32 Å². The fourth-order valence-electron chi connectivity index (χ4n) is 1.19. The number of aliphatic hydroxyl groups is 1. The number of aliphatic carboxylic acids is 1. The van der Waals surface area contributed by atoms with Gasteiger partial charge in [0.05, 0.1) is 5.54 Å². The first-order chi connectivity index (χ1) is 7.37. The molecular weight excluding hydrogens is 212 g/mol. The Morgan fingerprint density at radius 3 is 2.25 bits per heavy atom. The second-order valence-corrected chi connectivity index (χ2v) is 3.76. The molecule has 0 aromatic carbocycles. The molecule has 1 amide bonds. The maximum absolute atomic E-state index is 11.6. The van der Waals surface area contributed by atoms with Gasteiger partial charge in [0.15, 0.2) is 6.10 Å². The summed E-state index contributed by atoms with van der Waals surface area (Å²) in [5, 5.41) is 19.9. The third kappa shape index (κ3) is 4.16. The summed E-state index contributed by atoms with van der Waals surface area (Å²) in [7, 11) is 0. The highest BCUT2D eigenvalue weighted by Crippen LogP contribution is 2.10. The molecule has 0 bridgehead atoms. The van der Waals surface area contributed by atoms with E-state index >= 15 is 0 Å². The lowest BCUT2D eigenvalue weighted by Gasteiger charge is -2.25. The average molecular weight is 232 g/mol. The van der Waals surface area contributed by atoms with Crippen molar-refractivity contribution in [2.45, 2.75) is 44.8 Å². The summed E-state index contributed by atoms with van der Waals surface area (Å²) >= 11 is 0. The Labute approximate surface area is 94.8 Å². The lowest BCUT2D eigenvalue weighted by atomic mass is 9.93. The SMILES string of the molecule is CCC(N)(CC)C(=O)NCCC(O)C(=O)O. The average Bonchev–Trinajstić information content (AvgIpc) is 2.27. The molecule has 0 radical (unpaired) electrons. The van der Waals surface area contributed by atoms with Crippen molar-refractivity contribution in [3.63, 3.8) is 0 Å². The Morgan fingerprint density at radius 1 is 1.38 bits per heavy atom. The summed E-state index contributed by atoms with van der Waals surface area (Å²) in [6, 6.07) is 0. The van der Waals surface area contributed by atoms with E-state index in [0.717, 1.165) is 0 Å². The highest BCUT2D eigenvalue weighted by molar-refractivity contribution is 5.85. The zero-order chi connectivity index (χ0) is 12.8.